The molecule has 0 aromatic carbocycles. The molecule has 0 rings (SSSR count). The standard InChI is InChI=1S/CH2BN2/c1-3-4-2/h1H2/i1T. The molecule has 0 aliphatic rings. The first kappa shape index (κ1) is 1.82. The van der Waals surface area contributed by atoms with E-state index in [4.69, 9.17) is 1.37 Å². The van der Waals surface area contributed by atoms with E-state index in [1.807, 2.05) is 0 Å². The van der Waals surface area contributed by atoms with E-state index < -0.39 is 0 Å². The van der Waals surface area contributed by atoms with E-state index in [2.05, 4.69) is 17.7 Å². The summed E-state index contributed by atoms with van der Waals surface area (Å²) in [4.78, 5) is 0. The SMILES string of the molecule is [3H]C=NN=[B]. The van der Waals surface area contributed by atoms with Gasteiger partial charge in [-0.3, -0.25) is 0 Å². The van der Waals surface area contributed by atoms with Crippen molar-refractivity contribution in [1.82, 2.24) is 0 Å². The first-order valence-corrected chi connectivity index (χ1v) is 0.716. The Bertz CT molecular complexity index is 51.6. The van der Waals surface area contributed by atoms with Crippen LogP contribution < -0.4 is 0 Å². The molecule has 0 unspecified atom stereocenters. The van der Waals surface area contributed by atoms with E-state index >= 15 is 0 Å². The zero-order chi connectivity index (χ0) is 4.12. The van der Waals surface area contributed by atoms with Crippen LogP contribution in [0.25, 0.3) is 0 Å². The molecule has 3 heteroatoms. The first-order valence-electron chi connectivity index (χ1n) is 1.29. The zero-order valence-corrected chi connectivity index (χ0v) is 2.05. The molecule has 0 atom stereocenters. The van der Waals surface area contributed by atoms with Gasteiger partial charge in [0.05, 0.1) is 0 Å². The fraction of sp³-hybridized carbons (Fsp3) is 0. The van der Waals surface area contributed by atoms with Crippen molar-refractivity contribution < 1.29 is 1.37 Å². The summed E-state index contributed by atoms with van der Waals surface area (Å²) in [6, 6.07) is 0. The molecule has 0 N–H and O–H groups in total. The molecule has 0 aliphatic carbocycles. The van der Waals surface area contributed by atoms with Crippen LogP contribution in [0.2, 0.25) is 0 Å². The topological polar surface area (TPSA) is 24.7 Å². The Morgan fingerprint density at radius 3 is 3.00 bits per heavy atom. The molecule has 19 valence electrons. The Morgan fingerprint density at radius 1 is 2.25 bits per heavy atom. The molecule has 4 heavy (non-hydrogen) atoms. The third-order valence-electron chi connectivity index (χ3n) is 0.0667. The average Bonchev–Trinajstić information content (AvgIpc) is 1.41. The fourth-order valence-corrected chi connectivity index (χ4v) is 0. The van der Waals surface area contributed by atoms with Crippen molar-refractivity contribution in [2.45, 2.75) is 0 Å². The van der Waals surface area contributed by atoms with Crippen LogP contribution in [-0.2, 0) is 0 Å². The molecule has 0 bridgehead atoms. The molecule has 0 saturated heterocycles. The molecule has 0 saturated carbocycles. The molecule has 0 fully saturated rings. The monoisotopic (exact) mass is 55.0 g/mol. The van der Waals surface area contributed by atoms with E-state index in [-0.39, 0.29) is 0 Å². The fourth-order valence-electron chi connectivity index (χ4n) is 0. The van der Waals surface area contributed by atoms with E-state index in [1.165, 1.54) is 0 Å². The molecule has 0 spiro atoms. The summed E-state index contributed by atoms with van der Waals surface area (Å²) in [5, 5.41) is 5.65. The maximum absolute atomic E-state index is 6.14. The molecule has 0 aromatic rings. The van der Waals surface area contributed by atoms with Crippen LogP contribution in [0.4, 0.5) is 0 Å². The van der Waals surface area contributed by atoms with Gasteiger partial charge in [0, 0.05) is 0 Å². The van der Waals surface area contributed by atoms with Crippen molar-refractivity contribution in [3.63, 3.8) is 0 Å². The van der Waals surface area contributed by atoms with Crippen molar-refractivity contribution in [2.75, 3.05) is 0 Å². The summed E-state index contributed by atoms with van der Waals surface area (Å²) in [6.45, 7) is 0.764. The zero-order valence-electron chi connectivity index (χ0n) is 3.05. The Hall–Kier alpha value is -0.465. The quantitative estimate of drug-likeness (QED) is 0.228. The van der Waals surface area contributed by atoms with E-state index in [1.54, 1.807) is 0 Å². The molecule has 0 heterocycles. The average molecular weight is 54.9 g/mol. The summed E-state index contributed by atoms with van der Waals surface area (Å²) in [5.74, 6) is 0. The summed E-state index contributed by atoms with van der Waals surface area (Å²) >= 11 is 0. The molecule has 2 nitrogen and oxygen atoms in total. The number of hydrogen-bond donors (Lipinski definition) is 0. The van der Waals surface area contributed by atoms with Crippen LogP contribution >= 0.6 is 0 Å². The number of hydrogen-bond acceptors (Lipinski definition) is 2. The summed E-state index contributed by atoms with van der Waals surface area (Å²) in [7, 11) is 4.45. The second-order valence-electron chi connectivity index (χ2n) is 0.231. The van der Waals surface area contributed by atoms with Gasteiger partial charge in [-0.1, -0.05) is 0 Å². The van der Waals surface area contributed by atoms with Gasteiger partial charge in [-0.15, -0.1) is 0 Å². The third-order valence-corrected chi connectivity index (χ3v) is 0.0667. The van der Waals surface area contributed by atoms with E-state index in [0.717, 1.165) is 6.69 Å². The van der Waals surface area contributed by atoms with Gasteiger partial charge in [-0.2, -0.15) is 0 Å². The van der Waals surface area contributed by atoms with Gasteiger partial charge in [0.1, 0.15) is 0 Å². The van der Waals surface area contributed by atoms with Crippen molar-refractivity contribution >= 4 is 14.3 Å². The van der Waals surface area contributed by atoms with E-state index in [0.29, 0.717) is 0 Å². The van der Waals surface area contributed by atoms with Gasteiger partial charge in [-0.25, -0.2) is 0 Å². The van der Waals surface area contributed by atoms with E-state index in [9.17, 15) is 0 Å². The van der Waals surface area contributed by atoms with Gasteiger partial charge < -0.3 is 0 Å². The van der Waals surface area contributed by atoms with Gasteiger partial charge >= 0.3 is 25.8 Å². The summed E-state index contributed by atoms with van der Waals surface area (Å²) in [6.07, 6.45) is 0. The Kier molecular flexibility index (Phi) is 1.15. The first-order chi connectivity index (χ1) is 2.41. The molecule has 0 aromatic heterocycles. The summed E-state index contributed by atoms with van der Waals surface area (Å²) < 4.78 is 6.14. The van der Waals surface area contributed by atoms with Crippen molar-refractivity contribution in [1.29, 1.82) is 0 Å². The molecule has 1 radical (unpaired) electrons. The van der Waals surface area contributed by atoms with Gasteiger partial charge in [0.25, 0.3) is 0 Å². The normalized spacial score (nSPS) is 11.2. The second-order valence-corrected chi connectivity index (χ2v) is 0.231. The maximum atomic E-state index is 6.14. The minimum atomic E-state index is 0.764. The Morgan fingerprint density at radius 2 is 3.00 bits per heavy atom. The van der Waals surface area contributed by atoms with Crippen LogP contribution in [-0.4, -0.2) is 14.3 Å². The predicted molar refractivity (Wildman–Crippen MR) is 17.7 cm³/mol. The third kappa shape index (κ3) is 1.53. The van der Waals surface area contributed by atoms with Crippen LogP contribution in [0, 0.1) is 0 Å². The molecule has 0 aliphatic heterocycles. The van der Waals surface area contributed by atoms with Gasteiger partial charge in [-0.05, 0) is 0 Å². The van der Waals surface area contributed by atoms with Crippen LogP contribution in [0.15, 0.2) is 10.1 Å². The molecule has 0 amide bonds. The van der Waals surface area contributed by atoms with Crippen molar-refractivity contribution in [3.05, 3.63) is 0 Å². The van der Waals surface area contributed by atoms with Crippen molar-refractivity contribution in [2.24, 2.45) is 10.1 Å². The minimum absolute atomic E-state index is 0.764. The van der Waals surface area contributed by atoms with Crippen LogP contribution in [0.3, 0.4) is 0 Å². The van der Waals surface area contributed by atoms with Crippen LogP contribution in [0.1, 0.15) is 1.37 Å². The summed E-state index contributed by atoms with van der Waals surface area (Å²) in [5.41, 5.74) is 0. The number of nitrogens with zero attached hydrogens (tertiary/aromatic N) is 2. The van der Waals surface area contributed by atoms with Gasteiger partial charge in [0.2, 0.25) is 0 Å². The molecular weight excluding hydrogens is 50.8 g/mol. The Labute approximate surface area is 27.1 Å². The predicted octanol–water partition coefficient (Wildman–Crippen LogP) is -0.0459. The second kappa shape index (κ2) is 2.53. The van der Waals surface area contributed by atoms with Gasteiger partial charge in [0.15, 0.2) is 0 Å². The Balaban J connectivity index is 2.92. The number of rotatable bonds is 1. The van der Waals surface area contributed by atoms with Crippen LogP contribution in [0.5, 0.6) is 0 Å². The van der Waals surface area contributed by atoms with Crippen molar-refractivity contribution in [3.8, 4) is 0 Å². The molecular formula is CH2BN2.